The van der Waals surface area contributed by atoms with E-state index in [2.05, 4.69) is 38.6 Å². The Kier molecular flexibility index (Phi) is 22.3. The van der Waals surface area contributed by atoms with Crippen molar-refractivity contribution < 1.29 is 0 Å². The van der Waals surface area contributed by atoms with E-state index in [1.54, 1.807) is 12.1 Å². The molecule has 1 aromatic carbocycles. The first-order valence-electron chi connectivity index (χ1n) is 6.77. The van der Waals surface area contributed by atoms with E-state index >= 15 is 0 Å². The van der Waals surface area contributed by atoms with Gasteiger partial charge in [0, 0.05) is 13.5 Å². The molecule has 1 aromatic rings. The Morgan fingerprint density at radius 3 is 2.05 bits per heavy atom. The van der Waals surface area contributed by atoms with Crippen molar-refractivity contribution in [3.05, 3.63) is 47.5 Å². The Morgan fingerprint density at radius 2 is 1.79 bits per heavy atom. The lowest BCUT2D eigenvalue weighted by molar-refractivity contribution is 1.04. The Hall–Kier alpha value is -1.59. The summed E-state index contributed by atoms with van der Waals surface area (Å²) < 4.78 is 0. The molecule has 19 heavy (non-hydrogen) atoms. The minimum atomic E-state index is 0.644. The van der Waals surface area contributed by atoms with E-state index in [-0.39, 0.29) is 0 Å². The second kappa shape index (κ2) is 18.8. The van der Waals surface area contributed by atoms with Crippen LogP contribution in [0.1, 0.15) is 51.3 Å². The number of hydrogen-bond donors (Lipinski definition) is 1. The van der Waals surface area contributed by atoms with E-state index < -0.39 is 0 Å². The molecule has 0 aliphatic carbocycles. The quantitative estimate of drug-likeness (QED) is 0.781. The minimum Gasteiger partial charge on any atom is -0.326 e. The van der Waals surface area contributed by atoms with Crippen LogP contribution in [-0.2, 0) is 13.0 Å². The van der Waals surface area contributed by atoms with Crippen LogP contribution >= 0.6 is 0 Å². The molecule has 0 atom stereocenters. The summed E-state index contributed by atoms with van der Waals surface area (Å²) in [5, 5.41) is 7.32. The van der Waals surface area contributed by atoms with Crippen molar-refractivity contribution in [2.45, 2.75) is 54.5 Å². The monoisotopic (exact) mass is 262 g/mol. The highest BCUT2D eigenvalue weighted by Crippen LogP contribution is 2.10. The second-order valence-electron chi connectivity index (χ2n) is 3.45. The summed E-state index contributed by atoms with van der Waals surface area (Å²) in [6, 6.07) is 8.18. The zero-order valence-electron chi connectivity index (χ0n) is 13.5. The SMILES string of the molecule is C=CC.CC.CC#N.CCc1ccc(CN)cc1C. The van der Waals surface area contributed by atoms with Gasteiger partial charge in [-0.1, -0.05) is 45.0 Å². The molecule has 2 heteroatoms. The zero-order chi connectivity index (χ0) is 15.7. The molecule has 1 rings (SSSR count). The molecule has 0 radical (unpaired) electrons. The summed E-state index contributed by atoms with van der Waals surface area (Å²) in [5.74, 6) is 0. The second-order valence-corrected chi connectivity index (χ2v) is 3.45. The predicted molar refractivity (Wildman–Crippen MR) is 87.0 cm³/mol. The van der Waals surface area contributed by atoms with Gasteiger partial charge in [-0.25, -0.2) is 0 Å². The normalized spacial score (nSPS) is 7.26. The van der Waals surface area contributed by atoms with Crippen LogP contribution in [0.3, 0.4) is 0 Å². The number of rotatable bonds is 2. The molecule has 0 aromatic heterocycles. The summed E-state index contributed by atoms with van der Waals surface area (Å²) in [5.41, 5.74) is 9.51. The van der Waals surface area contributed by atoms with Gasteiger partial charge in [-0.15, -0.1) is 6.58 Å². The molecule has 0 aliphatic heterocycles. The van der Waals surface area contributed by atoms with Crippen LogP contribution in [0, 0.1) is 18.3 Å². The van der Waals surface area contributed by atoms with Crippen molar-refractivity contribution in [1.82, 2.24) is 0 Å². The van der Waals surface area contributed by atoms with E-state index in [0.717, 1.165) is 6.42 Å². The van der Waals surface area contributed by atoms with E-state index in [1.807, 2.05) is 20.8 Å². The van der Waals surface area contributed by atoms with E-state index in [1.165, 1.54) is 23.6 Å². The molecular formula is C17H30N2. The van der Waals surface area contributed by atoms with Gasteiger partial charge >= 0.3 is 0 Å². The highest BCUT2D eigenvalue weighted by atomic mass is 14.5. The van der Waals surface area contributed by atoms with Gasteiger partial charge in [0.25, 0.3) is 0 Å². The fourth-order valence-electron chi connectivity index (χ4n) is 1.28. The van der Waals surface area contributed by atoms with Gasteiger partial charge in [-0.3, -0.25) is 0 Å². The molecule has 0 spiro atoms. The molecule has 0 bridgehead atoms. The van der Waals surface area contributed by atoms with Crippen LogP contribution < -0.4 is 5.73 Å². The number of hydrogen-bond acceptors (Lipinski definition) is 2. The first kappa shape index (κ1) is 22.6. The Labute approximate surface area is 120 Å². The molecule has 2 nitrogen and oxygen atoms in total. The van der Waals surface area contributed by atoms with Gasteiger partial charge < -0.3 is 5.73 Å². The lowest BCUT2D eigenvalue weighted by Crippen LogP contribution is -1.97. The zero-order valence-corrected chi connectivity index (χ0v) is 13.5. The molecule has 2 N–H and O–H groups in total. The Bertz CT molecular complexity index is 349. The fraction of sp³-hybridized carbons (Fsp3) is 0.471. The van der Waals surface area contributed by atoms with E-state index in [9.17, 15) is 0 Å². The van der Waals surface area contributed by atoms with Crippen molar-refractivity contribution >= 4 is 0 Å². The average molecular weight is 262 g/mol. The number of aryl methyl sites for hydroxylation is 2. The average Bonchev–Trinajstić information content (AvgIpc) is 2.42. The van der Waals surface area contributed by atoms with Crippen LogP contribution in [0.15, 0.2) is 30.9 Å². The van der Waals surface area contributed by atoms with Crippen LogP contribution in [0.25, 0.3) is 0 Å². The molecule has 0 saturated heterocycles. The lowest BCUT2D eigenvalue weighted by atomic mass is 10.0. The van der Waals surface area contributed by atoms with Crippen molar-refractivity contribution in [3.63, 3.8) is 0 Å². The van der Waals surface area contributed by atoms with Crippen LogP contribution in [-0.4, -0.2) is 0 Å². The summed E-state index contributed by atoms with van der Waals surface area (Å²) in [4.78, 5) is 0. The standard InChI is InChI=1S/C10H15N.C3H6.C2H3N.C2H6/c1-3-10-5-4-9(7-11)6-8(10)2;1-3-2;1-2-3;1-2/h4-6H,3,7,11H2,1-2H3;3H,1H2,2H3;1H3;1-2H3. The van der Waals surface area contributed by atoms with E-state index in [0.29, 0.717) is 6.54 Å². The summed E-state index contributed by atoms with van der Waals surface area (Å²) in [6.45, 7) is 15.6. The van der Waals surface area contributed by atoms with Crippen molar-refractivity contribution in [2.75, 3.05) is 0 Å². The van der Waals surface area contributed by atoms with Gasteiger partial charge in [0.05, 0.1) is 6.07 Å². The van der Waals surface area contributed by atoms with Crippen LogP contribution in [0.4, 0.5) is 0 Å². The van der Waals surface area contributed by atoms with Crippen molar-refractivity contribution in [2.24, 2.45) is 5.73 Å². The first-order chi connectivity index (χ1) is 9.10. The molecule has 0 aliphatic rings. The molecule has 0 unspecified atom stereocenters. The molecular weight excluding hydrogens is 232 g/mol. The van der Waals surface area contributed by atoms with Crippen molar-refractivity contribution in [3.8, 4) is 6.07 Å². The third-order valence-corrected chi connectivity index (χ3v) is 2.02. The largest absolute Gasteiger partial charge is 0.326 e. The molecule has 0 saturated carbocycles. The lowest BCUT2D eigenvalue weighted by Gasteiger charge is -2.04. The number of nitriles is 1. The maximum Gasteiger partial charge on any atom is 0.0587 e. The van der Waals surface area contributed by atoms with Crippen LogP contribution in [0.5, 0.6) is 0 Å². The predicted octanol–water partition coefficient (Wildman–Crippen LogP) is 4.76. The summed E-state index contributed by atoms with van der Waals surface area (Å²) in [7, 11) is 0. The van der Waals surface area contributed by atoms with Crippen LogP contribution in [0.2, 0.25) is 0 Å². The topological polar surface area (TPSA) is 49.8 Å². The number of benzene rings is 1. The molecule has 108 valence electrons. The maximum absolute atomic E-state index is 7.32. The molecule has 0 amide bonds. The van der Waals surface area contributed by atoms with Gasteiger partial charge in [-0.05, 0) is 37.0 Å². The minimum absolute atomic E-state index is 0.644. The van der Waals surface area contributed by atoms with Gasteiger partial charge in [-0.2, -0.15) is 5.26 Å². The van der Waals surface area contributed by atoms with E-state index in [4.69, 9.17) is 11.0 Å². The molecule has 0 heterocycles. The molecule has 0 fully saturated rings. The number of nitrogens with zero attached hydrogens (tertiary/aromatic N) is 1. The maximum atomic E-state index is 7.32. The smallest absolute Gasteiger partial charge is 0.0587 e. The Morgan fingerprint density at radius 1 is 1.37 bits per heavy atom. The highest BCUT2D eigenvalue weighted by molar-refractivity contribution is 5.30. The third kappa shape index (κ3) is 14.3. The highest BCUT2D eigenvalue weighted by Gasteiger charge is 1.95. The van der Waals surface area contributed by atoms with Gasteiger partial charge in [0.15, 0.2) is 0 Å². The third-order valence-electron chi connectivity index (χ3n) is 2.02. The summed E-state index contributed by atoms with van der Waals surface area (Å²) >= 11 is 0. The fourth-order valence-corrected chi connectivity index (χ4v) is 1.28. The summed E-state index contributed by atoms with van der Waals surface area (Å²) in [6.07, 6.45) is 2.86. The van der Waals surface area contributed by atoms with Crippen molar-refractivity contribution in [1.29, 1.82) is 5.26 Å². The Balaban J connectivity index is -0.000000269. The van der Waals surface area contributed by atoms with Gasteiger partial charge in [0.2, 0.25) is 0 Å². The number of allylic oxidation sites excluding steroid dienone is 1. The number of nitrogens with two attached hydrogens (primary N) is 1. The van der Waals surface area contributed by atoms with Gasteiger partial charge in [0.1, 0.15) is 0 Å². The first-order valence-corrected chi connectivity index (χ1v) is 6.77.